The molecule has 1 aromatic carbocycles. The average molecular weight is 383 g/mol. The summed E-state index contributed by atoms with van der Waals surface area (Å²) < 4.78 is 19.4. The Hall–Kier alpha value is -1.50. The van der Waals surface area contributed by atoms with Gasteiger partial charge in [0.2, 0.25) is 5.91 Å². The Bertz CT molecular complexity index is 685. The summed E-state index contributed by atoms with van der Waals surface area (Å²) in [4.78, 5) is 14.6. The van der Waals surface area contributed by atoms with Crippen LogP contribution in [0.25, 0.3) is 0 Å². The van der Waals surface area contributed by atoms with Gasteiger partial charge < -0.3 is 9.73 Å². The van der Waals surface area contributed by atoms with Gasteiger partial charge in [0.15, 0.2) is 0 Å². The van der Waals surface area contributed by atoms with Crippen LogP contribution in [0.15, 0.2) is 41.0 Å². The van der Waals surface area contributed by atoms with Gasteiger partial charge in [-0.3, -0.25) is 9.69 Å². The SMILES string of the molecule is O=C(Cc1c(F)cccc1Cl)NCC(c1ccco1)N1CCSCC1. The summed E-state index contributed by atoms with van der Waals surface area (Å²) in [6.45, 7) is 2.32. The maximum Gasteiger partial charge on any atom is 0.224 e. The highest BCUT2D eigenvalue weighted by molar-refractivity contribution is 7.99. The summed E-state index contributed by atoms with van der Waals surface area (Å²) in [6.07, 6.45) is 1.56. The maximum atomic E-state index is 13.8. The first-order valence-corrected chi connectivity index (χ1v) is 9.73. The molecule has 1 amide bonds. The fraction of sp³-hybridized carbons (Fsp3) is 0.389. The summed E-state index contributed by atoms with van der Waals surface area (Å²) in [5.74, 6) is 2.25. The number of hydrogen-bond acceptors (Lipinski definition) is 4. The number of furan rings is 1. The largest absolute Gasteiger partial charge is 0.468 e. The van der Waals surface area contributed by atoms with Crippen LogP contribution in [-0.2, 0) is 11.2 Å². The summed E-state index contributed by atoms with van der Waals surface area (Å²) in [7, 11) is 0. The summed E-state index contributed by atoms with van der Waals surface area (Å²) in [5.41, 5.74) is 0.227. The summed E-state index contributed by atoms with van der Waals surface area (Å²) in [6, 6.07) is 8.18. The molecular weight excluding hydrogens is 363 g/mol. The average Bonchev–Trinajstić information content (AvgIpc) is 3.14. The van der Waals surface area contributed by atoms with Gasteiger partial charge in [-0.1, -0.05) is 17.7 Å². The molecule has 1 aliphatic rings. The van der Waals surface area contributed by atoms with Crippen LogP contribution in [-0.4, -0.2) is 41.9 Å². The third-order valence-corrected chi connectivity index (χ3v) is 5.55. The van der Waals surface area contributed by atoms with E-state index in [1.54, 1.807) is 12.3 Å². The fourth-order valence-electron chi connectivity index (χ4n) is 2.91. The molecule has 25 heavy (non-hydrogen) atoms. The van der Waals surface area contributed by atoms with Gasteiger partial charge in [-0.25, -0.2) is 4.39 Å². The molecule has 2 aromatic rings. The molecule has 0 bridgehead atoms. The lowest BCUT2D eigenvalue weighted by Crippen LogP contribution is -2.42. The van der Waals surface area contributed by atoms with Crippen molar-refractivity contribution >= 4 is 29.3 Å². The lowest BCUT2D eigenvalue weighted by molar-refractivity contribution is -0.120. The van der Waals surface area contributed by atoms with E-state index in [2.05, 4.69) is 10.2 Å². The lowest BCUT2D eigenvalue weighted by atomic mass is 10.1. The molecule has 1 aliphatic heterocycles. The maximum absolute atomic E-state index is 13.8. The monoisotopic (exact) mass is 382 g/mol. The van der Waals surface area contributed by atoms with Crippen molar-refractivity contribution in [1.82, 2.24) is 10.2 Å². The van der Waals surface area contributed by atoms with E-state index >= 15 is 0 Å². The molecule has 1 saturated heterocycles. The molecule has 1 fully saturated rings. The zero-order valence-corrected chi connectivity index (χ0v) is 15.3. The highest BCUT2D eigenvalue weighted by Crippen LogP contribution is 2.24. The van der Waals surface area contributed by atoms with E-state index in [4.69, 9.17) is 16.0 Å². The van der Waals surface area contributed by atoms with E-state index in [9.17, 15) is 9.18 Å². The third kappa shape index (κ3) is 4.77. The van der Waals surface area contributed by atoms with Crippen LogP contribution in [0.5, 0.6) is 0 Å². The van der Waals surface area contributed by atoms with Gasteiger partial charge in [0.25, 0.3) is 0 Å². The molecule has 1 N–H and O–H groups in total. The third-order valence-electron chi connectivity index (χ3n) is 4.25. The van der Waals surface area contributed by atoms with E-state index in [1.807, 2.05) is 23.9 Å². The molecule has 0 spiro atoms. The van der Waals surface area contributed by atoms with Crippen LogP contribution in [0.1, 0.15) is 17.4 Å². The van der Waals surface area contributed by atoms with Crippen molar-refractivity contribution in [1.29, 1.82) is 0 Å². The molecular formula is C18H20ClFN2O2S. The second kappa shape index (κ2) is 8.74. The zero-order chi connectivity index (χ0) is 17.6. The van der Waals surface area contributed by atoms with Crippen molar-refractivity contribution in [3.05, 3.63) is 58.8 Å². The van der Waals surface area contributed by atoms with Crippen LogP contribution in [0.2, 0.25) is 5.02 Å². The van der Waals surface area contributed by atoms with E-state index < -0.39 is 5.82 Å². The Morgan fingerprint density at radius 2 is 2.12 bits per heavy atom. The van der Waals surface area contributed by atoms with E-state index in [0.717, 1.165) is 30.4 Å². The Kier molecular flexibility index (Phi) is 6.39. The van der Waals surface area contributed by atoms with Crippen LogP contribution >= 0.6 is 23.4 Å². The Balaban J connectivity index is 1.63. The minimum absolute atomic E-state index is 0.0176. The highest BCUT2D eigenvalue weighted by atomic mass is 35.5. The first-order chi connectivity index (χ1) is 12.1. The van der Waals surface area contributed by atoms with Gasteiger partial charge >= 0.3 is 0 Å². The number of nitrogens with zero attached hydrogens (tertiary/aromatic N) is 1. The molecule has 0 aliphatic carbocycles. The van der Waals surface area contributed by atoms with Crippen molar-refractivity contribution in [3.8, 4) is 0 Å². The van der Waals surface area contributed by atoms with E-state index in [0.29, 0.717) is 6.54 Å². The molecule has 0 radical (unpaired) electrons. The van der Waals surface area contributed by atoms with Crippen LogP contribution in [0.3, 0.4) is 0 Å². The van der Waals surface area contributed by atoms with E-state index in [1.165, 1.54) is 12.1 Å². The number of amides is 1. The lowest BCUT2D eigenvalue weighted by Gasteiger charge is -2.33. The Morgan fingerprint density at radius 1 is 1.32 bits per heavy atom. The molecule has 3 rings (SSSR count). The van der Waals surface area contributed by atoms with Crippen molar-refractivity contribution in [3.63, 3.8) is 0 Å². The first-order valence-electron chi connectivity index (χ1n) is 8.20. The molecule has 0 saturated carbocycles. The molecule has 1 aromatic heterocycles. The second-order valence-corrected chi connectivity index (χ2v) is 7.49. The predicted molar refractivity (Wildman–Crippen MR) is 98.5 cm³/mol. The number of carbonyl (C=O) groups is 1. The van der Waals surface area contributed by atoms with Gasteiger partial charge in [-0.15, -0.1) is 0 Å². The number of thioether (sulfide) groups is 1. The van der Waals surface area contributed by atoms with E-state index in [-0.39, 0.29) is 29.0 Å². The number of benzene rings is 1. The molecule has 7 heteroatoms. The smallest absolute Gasteiger partial charge is 0.224 e. The minimum atomic E-state index is -0.460. The first kappa shape index (κ1) is 18.3. The minimum Gasteiger partial charge on any atom is -0.468 e. The van der Waals surface area contributed by atoms with Crippen LogP contribution < -0.4 is 5.32 Å². The molecule has 1 unspecified atom stereocenters. The standard InChI is InChI=1S/C18H20ClFN2O2S/c19-14-3-1-4-15(20)13(14)11-18(23)21-12-16(17-5-2-8-24-17)22-6-9-25-10-7-22/h1-5,8,16H,6-7,9-12H2,(H,21,23). The van der Waals surface area contributed by atoms with Crippen molar-refractivity contribution in [2.45, 2.75) is 12.5 Å². The van der Waals surface area contributed by atoms with Crippen molar-refractivity contribution < 1.29 is 13.6 Å². The molecule has 4 nitrogen and oxygen atoms in total. The van der Waals surface area contributed by atoms with Crippen molar-refractivity contribution in [2.75, 3.05) is 31.1 Å². The topological polar surface area (TPSA) is 45.5 Å². The molecule has 2 heterocycles. The van der Waals surface area contributed by atoms with Gasteiger partial charge in [0.05, 0.1) is 18.7 Å². The van der Waals surface area contributed by atoms with Gasteiger partial charge in [0.1, 0.15) is 11.6 Å². The van der Waals surface area contributed by atoms with Gasteiger partial charge in [0, 0.05) is 41.7 Å². The normalized spacial score (nSPS) is 16.6. The highest BCUT2D eigenvalue weighted by Gasteiger charge is 2.25. The van der Waals surface area contributed by atoms with Gasteiger partial charge in [-0.2, -0.15) is 11.8 Å². The second-order valence-electron chi connectivity index (χ2n) is 5.86. The summed E-state index contributed by atoms with van der Waals surface area (Å²) in [5, 5.41) is 3.17. The number of rotatable bonds is 6. The number of halogens is 2. The quantitative estimate of drug-likeness (QED) is 0.830. The fourth-order valence-corrected chi connectivity index (χ4v) is 4.08. The zero-order valence-electron chi connectivity index (χ0n) is 13.7. The number of hydrogen-bond donors (Lipinski definition) is 1. The Morgan fingerprint density at radius 3 is 2.80 bits per heavy atom. The van der Waals surface area contributed by atoms with Crippen LogP contribution in [0.4, 0.5) is 4.39 Å². The summed E-state index contributed by atoms with van der Waals surface area (Å²) >= 11 is 7.92. The Labute approximate surface area is 155 Å². The molecule has 134 valence electrons. The number of nitrogens with one attached hydrogen (secondary N) is 1. The number of carbonyl (C=O) groups excluding carboxylic acids is 1. The van der Waals surface area contributed by atoms with Crippen molar-refractivity contribution in [2.24, 2.45) is 0 Å². The predicted octanol–water partition coefficient (Wildman–Crippen LogP) is 3.52. The molecule has 1 atom stereocenters. The van der Waals surface area contributed by atoms with Crippen LogP contribution in [0, 0.1) is 5.82 Å². The van der Waals surface area contributed by atoms with Gasteiger partial charge in [-0.05, 0) is 24.3 Å².